The largest absolute Gasteiger partial charge is 2.00 e. The summed E-state index contributed by atoms with van der Waals surface area (Å²) in [7, 11) is 0. The van der Waals surface area contributed by atoms with Crippen LogP contribution in [0.1, 0.15) is 27.7 Å². The number of hydrogen-bond acceptors (Lipinski definition) is 2. The molecular formula is C11H22O2W. The van der Waals surface area contributed by atoms with Crippen LogP contribution in [0.2, 0.25) is 0 Å². The van der Waals surface area contributed by atoms with Gasteiger partial charge >= 0.3 is 21.1 Å². The smallest absolute Gasteiger partial charge is 0.410 e. The van der Waals surface area contributed by atoms with Gasteiger partial charge in [-0.15, -0.1) is 5.92 Å². The van der Waals surface area contributed by atoms with Crippen molar-refractivity contribution < 1.29 is 30.5 Å². The van der Waals surface area contributed by atoms with E-state index in [-0.39, 0.29) is 45.3 Å². The molecule has 0 spiro atoms. The number of ether oxygens (including phenoxy) is 2. The van der Waals surface area contributed by atoms with Crippen LogP contribution in [0.3, 0.4) is 0 Å². The minimum absolute atomic E-state index is 0. The molecule has 14 heavy (non-hydrogen) atoms. The Balaban J connectivity index is 0. The summed E-state index contributed by atoms with van der Waals surface area (Å²) in [5.74, 6) is 0.102. The normalized spacial score (nSPS) is 15.4. The average molecular weight is 370 g/mol. The Hall–Kier alpha value is 0.608. The molecule has 0 saturated carbocycles. The van der Waals surface area contributed by atoms with Crippen LogP contribution in [0.5, 0.6) is 0 Å². The van der Waals surface area contributed by atoms with Gasteiger partial charge in [-0.25, -0.2) is 0 Å². The zero-order chi connectivity index (χ0) is 10.4. The first-order valence-electron chi connectivity index (χ1n) is 4.86. The van der Waals surface area contributed by atoms with Crippen molar-refractivity contribution >= 4 is 0 Å². The van der Waals surface area contributed by atoms with Crippen LogP contribution in [0.4, 0.5) is 0 Å². The van der Waals surface area contributed by atoms with Crippen molar-refractivity contribution in [3.63, 3.8) is 0 Å². The third kappa shape index (κ3) is 9.17. The van der Waals surface area contributed by atoms with Crippen molar-refractivity contribution in [1.29, 1.82) is 0 Å². The van der Waals surface area contributed by atoms with Gasteiger partial charge in [0.15, 0.2) is 0 Å². The number of hydrogen-bond donors (Lipinski definition) is 0. The summed E-state index contributed by atoms with van der Waals surface area (Å²) < 4.78 is 10.9. The molecule has 0 radical (unpaired) electrons. The Kier molecular flexibility index (Phi) is 10.8. The van der Waals surface area contributed by atoms with E-state index in [4.69, 9.17) is 9.47 Å². The predicted molar refractivity (Wildman–Crippen MR) is 55.3 cm³/mol. The van der Waals surface area contributed by atoms with Crippen molar-refractivity contribution in [2.45, 2.75) is 46.0 Å². The molecule has 0 fully saturated rings. The van der Waals surface area contributed by atoms with Crippen molar-refractivity contribution in [2.24, 2.45) is 5.92 Å². The molecule has 0 heterocycles. The molecule has 0 aromatic rings. The minimum Gasteiger partial charge on any atom is -0.410 e. The van der Waals surface area contributed by atoms with Gasteiger partial charge in [0.2, 0.25) is 0 Å². The second-order valence-electron chi connectivity index (χ2n) is 3.87. The standard InChI is InChI=1S/C11H22O2.W/c1-8(2)12-7-10(5)11(6)13-9(3)4;/h8-11H,5-7H2,1-4H3;/q-2;+2. The van der Waals surface area contributed by atoms with Crippen molar-refractivity contribution in [3.8, 4) is 0 Å². The van der Waals surface area contributed by atoms with E-state index in [0.717, 1.165) is 0 Å². The summed E-state index contributed by atoms with van der Waals surface area (Å²) in [6, 6.07) is 0. The molecule has 0 aromatic carbocycles. The van der Waals surface area contributed by atoms with Crippen LogP contribution in [0.15, 0.2) is 0 Å². The van der Waals surface area contributed by atoms with E-state index in [0.29, 0.717) is 6.61 Å². The molecule has 84 valence electrons. The molecule has 0 saturated heterocycles. The van der Waals surface area contributed by atoms with E-state index in [1.54, 1.807) is 0 Å². The van der Waals surface area contributed by atoms with Gasteiger partial charge < -0.3 is 23.3 Å². The summed E-state index contributed by atoms with van der Waals surface area (Å²) >= 11 is 0. The van der Waals surface area contributed by atoms with Crippen LogP contribution in [0, 0.1) is 19.8 Å². The van der Waals surface area contributed by atoms with Gasteiger partial charge in [-0.1, -0.05) is 6.10 Å². The first kappa shape index (κ1) is 17.0. The fourth-order valence-corrected chi connectivity index (χ4v) is 0.884. The third-order valence-corrected chi connectivity index (χ3v) is 1.62. The van der Waals surface area contributed by atoms with E-state index >= 15 is 0 Å². The van der Waals surface area contributed by atoms with E-state index in [9.17, 15) is 0 Å². The molecule has 3 heteroatoms. The average Bonchev–Trinajstić information content (AvgIpc) is 1.98. The Labute approximate surface area is 103 Å². The van der Waals surface area contributed by atoms with Crippen LogP contribution in [-0.4, -0.2) is 24.9 Å². The maximum absolute atomic E-state index is 5.49. The molecule has 0 bridgehead atoms. The molecule has 0 aliphatic heterocycles. The topological polar surface area (TPSA) is 18.5 Å². The SMILES string of the molecule is [CH2-]C(COC(C)C)C([CH2-])OC(C)C.[W+2]. The molecular weight excluding hydrogens is 348 g/mol. The third-order valence-electron chi connectivity index (χ3n) is 1.62. The summed E-state index contributed by atoms with van der Waals surface area (Å²) in [6.07, 6.45) is 0.361. The Morgan fingerprint density at radius 2 is 1.50 bits per heavy atom. The van der Waals surface area contributed by atoms with Crippen LogP contribution >= 0.6 is 0 Å². The van der Waals surface area contributed by atoms with Gasteiger partial charge in [-0.3, -0.25) is 0 Å². The first-order chi connectivity index (χ1) is 5.93. The van der Waals surface area contributed by atoms with Crippen LogP contribution in [-0.2, 0) is 30.5 Å². The van der Waals surface area contributed by atoms with Crippen LogP contribution < -0.4 is 0 Å². The predicted octanol–water partition coefficient (Wildman–Crippen LogP) is 2.49. The molecule has 0 rings (SSSR count). The quantitative estimate of drug-likeness (QED) is 0.669. The molecule has 0 aliphatic carbocycles. The van der Waals surface area contributed by atoms with Gasteiger partial charge in [0.1, 0.15) is 0 Å². The maximum atomic E-state index is 5.49. The summed E-state index contributed by atoms with van der Waals surface area (Å²) in [6.45, 7) is 16.5. The van der Waals surface area contributed by atoms with E-state index in [2.05, 4.69) is 13.8 Å². The summed E-state index contributed by atoms with van der Waals surface area (Å²) in [4.78, 5) is 0. The maximum Gasteiger partial charge on any atom is 2.00 e. The first-order valence-corrected chi connectivity index (χ1v) is 4.86. The molecule has 2 atom stereocenters. The summed E-state index contributed by atoms with van der Waals surface area (Å²) in [5, 5.41) is 0. The second-order valence-corrected chi connectivity index (χ2v) is 3.87. The molecule has 2 nitrogen and oxygen atoms in total. The molecule has 0 aromatic heterocycles. The molecule has 2 unspecified atom stereocenters. The summed E-state index contributed by atoms with van der Waals surface area (Å²) in [5.41, 5.74) is 0. The fourth-order valence-electron chi connectivity index (χ4n) is 0.884. The Morgan fingerprint density at radius 3 is 1.86 bits per heavy atom. The van der Waals surface area contributed by atoms with E-state index in [1.165, 1.54) is 0 Å². The second kappa shape index (κ2) is 8.88. The number of rotatable bonds is 6. The van der Waals surface area contributed by atoms with Gasteiger partial charge in [0.05, 0.1) is 6.10 Å². The van der Waals surface area contributed by atoms with Crippen molar-refractivity contribution in [3.05, 3.63) is 13.8 Å². The Bertz CT molecular complexity index is 126. The van der Waals surface area contributed by atoms with E-state index < -0.39 is 0 Å². The van der Waals surface area contributed by atoms with Gasteiger partial charge in [0.25, 0.3) is 0 Å². The van der Waals surface area contributed by atoms with Crippen LogP contribution in [0.25, 0.3) is 0 Å². The Morgan fingerprint density at radius 1 is 1.00 bits per heavy atom. The van der Waals surface area contributed by atoms with Gasteiger partial charge in [-0.2, -0.15) is 0 Å². The zero-order valence-corrected chi connectivity index (χ0v) is 12.6. The van der Waals surface area contributed by atoms with Gasteiger partial charge in [-0.05, 0) is 27.7 Å². The molecule has 0 N–H and O–H groups in total. The van der Waals surface area contributed by atoms with Gasteiger partial charge in [0, 0.05) is 12.7 Å². The van der Waals surface area contributed by atoms with Crippen molar-refractivity contribution in [2.75, 3.05) is 6.61 Å². The van der Waals surface area contributed by atoms with E-state index in [1.807, 2.05) is 27.7 Å². The minimum atomic E-state index is -0.0845. The fraction of sp³-hybridized carbons (Fsp3) is 0.818. The molecule has 0 aliphatic rings. The van der Waals surface area contributed by atoms with Crippen molar-refractivity contribution in [1.82, 2.24) is 0 Å². The molecule has 0 amide bonds. The zero-order valence-electron chi connectivity index (χ0n) is 9.66. The monoisotopic (exact) mass is 370 g/mol.